The first-order valence-corrected chi connectivity index (χ1v) is 9.65. The zero-order valence-corrected chi connectivity index (χ0v) is 17.3. The molecule has 0 N–H and O–H groups in total. The molecule has 0 saturated carbocycles. The van der Waals surface area contributed by atoms with Gasteiger partial charge in [0.1, 0.15) is 11.5 Å². The first kappa shape index (κ1) is 19.9. The average Bonchev–Trinajstić information content (AvgIpc) is 3.17. The van der Waals surface area contributed by atoms with Crippen molar-refractivity contribution in [1.82, 2.24) is 10.2 Å². The summed E-state index contributed by atoms with van der Waals surface area (Å²) in [6.45, 7) is 5.85. The number of Topliss-reactive ketones (excluding diaryl/α,β-unsaturated/α-hetero) is 1. The number of carbonyl (C=O) groups is 1. The summed E-state index contributed by atoms with van der Waals surface area (Å²) >= 11 is 1.24. The van der Waals surface area contributed by atoms with Gasteiger partial charge in [-0.15, -0.1) is 10.2 Å². The van der Waals surface area contributed by atoms with Crippen molar-refractivity contribution in [2.24, 2.45) is 0 Å². The van der Waals surface area contributed by atoms with E-state index < -0.39 is 0 Å². The second-order valence-electron chi connectivity index (χ2n) is 6.36. The summed E-state index contributed by atoms with van der Waals surface area (Å²) in [5.74, 6) is 1.59. The van der Waals surface area contributed by atoms with Gasteiger partial charge in [-0.3, -0.25) is 4.79 Å². The molecule has 146 valence electrons. The molecule has 0 unspecified atom stereocenters. The van der Waals surface area contributed by atoms with Gasteiger partial charge in [0.05, 0.1) is 25.0 Å². The molecule has 0 spiro atoms. The van der Waals surface area contributed by atoms with Gasteiger partial charge in [-0.25, -0.2) is 0 Å². The highest BCUT2D eigenvalue weighted by molar-refractivity contribution is 8.00. The number of nitrogens with zero attached hydrogens (tertiary/aromatic N) is 2. The van der Waals surface area contributed by atoms with E-state index in [1.807, 2.05) is 39.0 Å². The zero-order valence-electron chi connectivity index (χ0n) is 16.5. The van der Waals surface area contributed by atoms with Crippen LogP contribution in [0.25, 0.3) is 11.5 Å². The third-order valence-electron chi connectivity index (χ3n) is 4.48. The highest BCUT2D eigenvalue weighted by atomic mass is 32.2. The van der Waals surface area contributed by atoms with Crippen molar-refractivity contribution in [1.29, 1.82) is 0 Å². The van der Waals surface area contributed by atoms with Crippen LogP contribution in [0.4, 0.5) is 0 Å². The third kappa shape index (κ3) is 4.20. The molecule has 1 heterocycles. The van der Waals surface area contributed by atoms with E-state index in [-0.39, 0.29) is 11.0 Å². The van der Waals surface area contributed by atoms with Gasteiger partial charge in [0.15, 0.2) is 5.78 Å². The Balaban J connectivity index is 1.77. The highest BCUT2D eigenvalue weighted by Crippen LogP contribution is 2.34. The van der Waals surface area contributed by atoms with Crippen molar-refractivity contribution < 1.29 is 18.7 Å². The van der Waals surface area contributed by atoms with Crippen LogP contribution in [0.15, 0.2) is 46.0 Å². The van der Waals surface area contributed by atoms with E-state index in [0.717, 1.165) is 11.1 Å². The Kier molecular flexibility index (Phi) is 6.04. The van der Waals surface area contributed by atoms with E-state index in [0.29, 0.717) is 33.7 Å². The summed E-state index contributed by atoms with van der Waals surface area (Å²) in [7, 11) is 3.15. The predicted molar refractivity (Wildman–Crippen MR) is 108 cm³/mol. The predicted octanol–water partition coefficient (Wildman–Crippen LogP) is 4.73. The number of benzene rings is 2. The molecule has 7 heteroatoms. The summed E-state index contributed by atoms with van der Waals surface area (Å²) in [6, 6.07) is 11.1. The normalized spacial score (nSPS) is 11.9. The minimum Gasteiger partial charge on any atom is -0.497 e. The molecule has 6 nitrogen and oxygen atoms in total. The van der Waals surface area contributed by atoms with Gasteiger partial charge in [-0.05, 0) is 50.1 Å². The molecular weight excluding hydrogens is 376 g/mol. The Hall–Kier alpha value is -2.80. The molecule has 0 fully saturated rings. The molecule has 3 rings (SSSR count). The van der Waals surface area contributed by atoms with Crippen LogP contribution in [0.3, 0.4) is 0 Å². The number of aryl methyl sites for hydroxylation is 2. The molecular formula is C21H22N2O4S. The standard InChI is InChI=1S/C21H22N2O4S/c1-12-6-7-15(10-13(12)2)19(24)14(3)28-21-23-22-20(27-21)17-9-8-16(25-4)11-18(17)26-5/h6-11,14H,1-5H3/t14-/m1/s1. The van der Waals surface area contributed by atoms with Crippen LogP contribution in [0, 0.1) is 13.8 Å². The lowest BCUT2D eigenvalue weighted by Crippen LogP contribution is -2.13. The van der Waals surface area contributed by atoms with Crippen LogP contribution in [0.1, 0.15) is 28.4 Å². The smallest absolute Gasteiger partial charge is 0.277 e. The van der Waals surface area contributed by atoms with E-state index in [2.05, 4.69) is 10.2 Å². The topological polar surface area (TPSA) is 74.5 Å². The van der Waals surface area contributed by atoms with Crippen molar-refractivity contribution in [3.63, 3.8) is 0 Å². The Morgan fingerprint density at radius 1 is 1.04 bits per heavy atom. The molecule has 28 heavy (non-hydrogen) atoms. The lowest BCUT2D eigenvalue weighted by atomic mass is 10.0. The summed E-state index contributed by atoms with van der Waals surface area (Å²) in [5, 5.41) is 8.13. The summed E-state index contributed by atoms with van der Waals surface area (Å²) < 4.78 is 16.3. The zero-order chi connectivity index (χ0) is 20.3. The van der Waals surface area contributed by atoms with Crippen LogP contribution in [-0.2, 0) is 0 Å². The maximum Gasteiger partial charge on any atom is 0.277 e. The molecule has 0 amide bonds. The first-order chi connectivity index (χ1) is 13.4. The number of thioether (sulfide) groups is 1. The molecule has 0 saturated heterocycles. The van der Waals surface area contributed by atoms with Crippen molar-refractivity contribution in [3.8, 4) is 23.0 Å². The van der Waals surface area contributed by atoms with Gasteiger partial charge in [-0.1, -0.05) is 23.9 Å². The molecule has 0 aliphatic carbocycles. The minimum atomic E-state index is -0.354. The number of hydrogen-bond donors (Lipinski definition) is 0. The van der Waals surface area contributed by atoms with Crippen LogP contribution in [0.5, 0.6) is 11.5 Å². The summed E-state index contributed by atoms with van der Waals surface area (Å²) in [5.41, 5.74) is 3.59. The maximum absolute atomic E-state index is 12.7. The van der Waals surface area contributed by atoms with Crippen LogP contribution >= 0.6 is 11.8 Å². The van der Waals surface area contributed by atoms with Crippen LogP contribution < -0.4 is 9.47 Å². The monoisotopic (exact) mass is 398 g/mol. The summed E-state index contributed by atoms with van der Waals surface area (Å²) in [6.07, 6.45) is 0. The molecule has 3 aromatic rings. The molecule has 2 aromatic carbocycles. The average molecular weight is 398 g/mol. The lowest BCUT2D eigenvalue weighted by Gasteiger charge is -2.09. The Bertz CT molecular complexity index is 1000. The van der Waals surface area contributed by atoms with Gasteiger partial charge in [0, 0.05) is 11.6 Å². The van der Waals surface area contributed by atoms with Gasteiger partial charge >= 0.3 is 0 Å². The Morgan fingerprint density at radius 3 is 2.50 bits per heavy atom. The molecule has 0 radical (unpaired) electrons. The maximum atomic E-state index is 12.7. The number of carbonyl (C=O) groups excluding carboxylic acids is 1. The van der Waals surface area contributed by atoms with Crippen molar-refractivity contribution in [2.45, 2.75) is 31.2 Å². The van der Waals surface area contributed by atoms with Crippen LogP contribution in [0.2, 0.25) is 0 Å². The lowest BCUT2D eigenvalue weighted by molar-refractivity contribution is 0.0993. The van der Waals surface area contributed by atoms with Gasteiger partial charge in [-0.2, -0.15) is 0 Å². The van der Waals surface area contributed by atoms with Gasteiger partial charge in [0.2, 0.25) is 0 Å². The molecule has 1 aromatic heterocycles. The second-order valence-corrected chi connectivity index (χ2v) is 7.65. The fraction of sp³-hybridized carbons (Fsp3) is 0.286. The first-order valence-electron chi connectivity index (χ1n) is 8.77. The van der Waals surface area contributed by atoms with E-state index in [9.17, 15) is 4.79 Å². The van der Waals surface area contributed by atoms with E-state index >= 15 is 0 Å². The SMILES string of the molecule is COc1ccc(-c2nnc(S[C@H](C)C(=O)c3ccc(C)c(C)c3)o2)c(OC)c1. The quantitative estimate of drug-likeness (QED) is 0.420. The number of hydrogen-bond acceptors (Lipinski definition) is 7. The van der Waals surface area contributed by atoms with Gasteiger partial charge in [0.25, 0.3) is 11.1 Å². The molecule has 1 atom stereocenters. The molecule has 0 aliphatic heterocycles. The second kappa shape index (κ2) is 8.48. The Labute approximate surface area is 168 Å². The minimum absolute atomic E-state index is 0.0230. The number of ether oxygens (including phenoxy) is 2. The molecule has 0 bridgehead atoms. The van der Waals surface area contributed by atoms with E-state index in [4.69, 9.17) is 13.9 Å². The number of ketones is 1. The summed E-state index contributed by atoms with van der Waals surface area (Å²) in [4.78, 5) is 12.7. The van der Waals surface area contributed by atoms with E-state index in [1.54, 1.807) is 32.4 Å². The van der Waals surface area contributed by atoms with E-state index in [1.165, 1.54) is 11.8 Å². The van der Waals surface area contributed by atoms with Crippen molar-refractivity contribution in [3.05, 3.63) is 53.1 Å². The van der Waals surface area contributed by atoms with Crippen molar-refractivity contribution in [2.75, 3.05) is 14.2 Å². The number of methoxy groups -OCH3 is 2. The fourth-order valence-electron chi connectivity index (χ4n) is 2.68. The number of aromatic nitrogens is 2. The largest absolute Gasteiger partial charge is 0.497 e. The van der Waals surface area contributed by atoms with Crippen molar-refractivity contribution >= 4 is 17.5 Å². The Morgan fingerprint density at radius 2 is 1.82 bits per heavy atom. The van der Waals surface area contributed by atoms with Crippen LogP contribution in [-0.4, -0.2) is 35.5 Å². The number of rotatable bonds is 7. The third-order valence-corrected chi connectivity index (χ3v) is 5.42. The fourth-order valence-corrected chi connectivity index (χ4v) is 3.44. The van der Waals surface area contributed by atoms with Gasteiger partial charge < -0.3 is 13.9 Å². The molecule has 0 aliphatic rings. The highest BCUT2D eigenvalue weighted by Gasteiger charge is 2.21.